The van der Waals surface area contributed by atoms with E-state index in [4.69, 9.17) is 0 Å². The number of hydrogen-bond acceptors (Lipinski definition) is 3. The highest BCUT2D eigenvalue weighted by Gasteiger charge is 2.10. The van der Waals surface area contributed by atoms with Gasteiger partial charge in [0.05, 0.1) is 12.4 Å². The van der Waals surface area contributed by atoms with Gasteiger partial charge in [0.15, 0.2) is 0 Å². The van der Waals surface area contributed by atoms with Gasteiger partial charge in [-0.1, -0.05) is 22.9 Å². The van der Waals surface area contributed by atoms with Crippen LogP contribution in [0.1, 0.15) is 6.92 Å². The molecule has 0 fully saturated rings. The number of hydrogen-bond donors (Lipinski definition) is 1. The Morgan fingerprint density at radius 1 is 1.54 bits per heavy atom. The van der Waals surface area contributed by atoms with Gasteiger partial charge in [-0.2, -0.15) is 0 Å². The Hall–Kier alpha value is 0.350. The molecule has 6 heteroatoms. The summed E-state index contributed by atoms with van der Waals surface area (Å²) in [7, 11) is -1.66. The lowest BCUT2D eigenvalue weighted by Gasteiger charge is -2.09. The summed E-state index contributed by atoms with van der Waals surface area (Å²) < 4.78 is 29.6. The molecule has 0 saturated heterocycles. The van der Waals surface area contributed by atoms with Gasteiger partial charge in [0.1, 0.15) is 0 Å². The van der Waals surface area contributed by atoms with E-state index >= 15 is 0 Å². The Balaban J connectivity index is 3.76. The maximum Gasteiger partial charge on any atom is 0.213 e. The van der Waals surface area contributed by atoms with Gasteiger partial charge in [-0.05, 0) is 5.92 Å². The number of rotatable bonds is 7. The molecule has 1 unspecified atom stereocenters. The average Bonchev–Trinajstić information content (AvgIpc) is 2.11. The van der Waals surface area contributed by atoms with Crippen molar-refractivity contribution in [3.8, 4) is 0 Å². The standard InChI is InChI=1S/C7H16BrNO3S/c1-7(5-8)6-9-13(10,11)4-3-12-2/h7,9H,3-6H2,1-2H3. The second kappa shape index (κ2) is 6.75. The van der Waals surface area contributed by atoms with E-state index in [2.05, 4.69) is 25.4 Å². The van der Waals surface area contributed by atoms with E-state index in [1.54, 1.807) is 0 Å². The molecule has 0 aromatic rings. The van der Waals surface area contributed by atoms with Crippen molar-refractivity contribution in [3.63, 3.8) is 0 Å². The maximum absolute atomic E-state index is 11.2. The minimum absolute atomic E-state index is 0.0263. The summed E-state index contributed by atoms with van der Waals surface area (Å²) in [6, 6.07) is 0. The third-order valence-electron chi connectivity index (χ3n) is 1.47. The first-order valence-electron chi connectivity index (χ1n) is 4.04. The Labute approximate surface area is 88.2 Å². The number of methoxy groups -OCH3 is 1. The molecule has 0 aliphatic heterocycles. The van der Waals surface area contributed by atoms with Gasteiger partial charge in [-0.25, -0.2) is 13.1 Å². The Morgan fingerprint density at radius 3 is 2.62 bits per heavy atom. The van der Waals surface area contributed by atoms with E-state index in [0.717, 1.165) is 5.33 Å². The zero-order chi connectivity index (χ0) is 10.3. The van der Waals surface area contributed by atoms with Crippen molar-refractivity contribution >= 4 is 26.0 Å². The Morgan fingerprint density at radius 2 is 2.15 bits per heavy atom. The molecule has 0 aliphatic rings. The van der Waals surface area contributed by atoms with Crippen LogP contribution in [-0.4, -0.2) is 39.8 Å². The van der Waals surface area contributed by atoms with E-state index in [1.807, 2.05) is 6.92 Å². The molecule has 0 heterocycles. The highest BCUT2D eigenvalue weighted by Crippen LogP contribution is 1.98. The van der Waals surface area contributed by atoms with Crippen LogP contribution in [0.3, 0.4) is 0 Å². The van der Waals surface area contributed by atoms with Crippen LogP contribution >= 0.6 is 15.9 Å². The molecule has 1 N–H and O–H groups in total. The number of alkyl halides is 1. The van der Waals surface area contributed by atoms with Gasteiger partial charge in [-0.15, -0.1) is 0 Å². The molecule has 4 nitrogen and oxygen atoms in total. The normalized spacial score (nSPS) is 14.4. The van der Waals surface area contributed by atoms with Crippen LogP contribution in [0, 0.1) is 5.92 Å². The minimum atomic E-state index is -3.14. The van der Waals surface area contributed by atoms with E-state index in [1.165, 1.54) is 7.11 Å². The fourth-order valence-electron chi connectivity index (χ4n) is 0.589. The largest absolute Gasteiger partial charge is 0.384 e. The zero-order valence-corrected chi connectivity index (χ0v) is 10.3. The van der Waals surface area contributed by atoms with Crippen LogP contribution in [0.2, 0.25) is 0 Å². The molecule has 13 heavy (non-hydrogen) atoms. The van der Waals surface area contributed by atoms with Gasteiger partial charge in [-0.3, -0.25) is 0 Å². The first-order valence-corrected chi connectivity index (χ1v) is 6.81. The Kier molecular flexibility index (Phi) is 6.93. The van der Waals surface area contributed by atoms with E-state index in [-0.39, 0.29) is 12.4 Å². The van der Waals surface area contributed by atoms with Gasteiger partial charge >= 0.3 is 0 Å². The first-order chi connectivity index (χ1) is 6.02. The van der Waals surface area contributed by atoms with Crippen molar-refractivity contribution in [1.82, 2.24) is 4.72 Å². The van der Waals surface area contributed by atoms with Crippen molar-refractivity contribution in [2.45, 2.75) is 6.92 Å². The summed E-state index contributed by atoms with van der Waals surface area (Å²) in [4.78, 5) is 0. The number of ether oxygens (including phenoxy) is 1. The fraction of sp³-hybridized carbons (Fsp3) is 1.00. The topological polar surface area (TPSA) is 55.4 Å². The fourth-order valence-corrected chi connectivity index (χ4v) is 1.89. The zero-order valence-electron chi connectivity index (χ0n) is 7.92. The molecular weight excluding hydrogens is 258 g/mol. The van der Waals surface area contributed by atoms with Crippen LogP contribution in [0.15, 0.2) is 0 Å². The minimum Gasteiger partial charge on any atom is -0.384 e. The molecule has 0 rings (SSSR count). The van der Waals surface area contributed by atoms with E-state index < -0.39 is 10.0 Å². The average molecular weight is 274 g/mol. The SMILES string of the molecule is COCCS(=O)(=O)NCC(C)CBr. The highest BCUT2D eigenvalue weighted by atomic mass is 79.9. The maximum atomic E-state index is 11.2. The van der Waals surface area contributed by atoms with Gasteiger partial charge in [0.25, 0.3) is 0 Å². The molecule has 0 aromatic carbocycles. The predicted molar refractivity (Wildman–Crippen MR) is 56.6 cm³/mol. The summed E-state index contributed by atoms with van der Waals surface area (Å²) in [6.07, 6.45) is 0. The van der Waals surface area contributed by atoms with Gasteiger partial charge in [0, 0.05) is 19.0 Å². The van der Waals surface area contributed by atoms with Gasteiger partial charge in [0.2, 0.25) is 10.0 Å². The lowest BCUT2D eigenvalue weighted by atomic mass is 10.2. The van der Waals surface area contributed by atoms with E-state index in [0.29, 0.717) is 12.5 Å². The predicted octanol–water partition coefficient (Wildman–Crippen LogP) is 0.583. The molecule has 0 amide bonds. The van der Waals surface area contributed by atoms with Crippen molar-refractivity contribution < 1.29 is 13.2 Å². The summed E-state index contributed by atoms with van der Waals surface area (Å²) >= 11 is 3.28. The smallest absolute Gasteiger partial charge is 0.213 e. The van der Waals surface area contributed by atoms with E-state index in [9.17, 15) is 8.42 Å². The monoisotopic (exact) mass is 273 g/mol. The first kappa shape index (κ1) is 13.4. The van der Waals surface area contributed by atoms with Crippen LogP contribution in [0.25, 0.3) is 0 Å². The second-order valence-electron chi connectivity index (χ2n) is 2.92. The van der Waals surface area contributed by atoms with Crippen LogP contribution in [0.5, 0.6) is 0 Å². The second-order valence-corrected chi connectivity index (χ2v) is 5.49. The molecule has 1 atom stereocenters. The van der Waals surface area contributed by atoms with Crippen LogP contribution < -0.4 is 4.72 Å². The molecule has 0 saturated carbocycles. The third-order valence-corrected chi connectivity index (χ3v) is 3.89. The number of halogens is 1. The molecule has 0 spiro atoms. The summed E-state index contributed by atoms with van der Waals surface area (Å²) in [6.45, 7) is 2.67. The molecule has 80 valence electrons. The van der Waals surface area contributed by atoms with Crippen LogP contribution in [0.4, 0.5) is 0 Å². The Bertz CT molecular complexity index is 218. The molecule has 0 aromatic heterocycles. The van der Waals surface area contributed by atoms with Crippen molar-refractivity contribution in [3.05, 3.63) is 0 Å². The lowest BCUT2D eigenvalue weighted by molar-refractivity contribution is 0.217. The number of sulfonamides is 1. The van der Waals surface area contributed by atoms with Crippen molar-refractivity contribution in [1.29, 1.82) is 0 Å². The molecule has 0 radical (unpaired) electrons. The molecular formula is C7H16BrNO3S. The summed E-state index contributed by atoms with van der Waals surface area (Å²) in [5.74, 6) is 0.329. The van der Waals surface area contributed by atoms with Crippen molar-refractivity contribution in [2.75, 3.05) is 31.3 Å². The van der Waals surface area contributed by atoms with Crippen molar-refractivity contribution in [2.24, 2.45) is 5.92 Å². The molecule has 0 aliphatic carbocycles. The molecule has 0 bridgehead atoms. The van der Waals surface area contributed by atoms with Gasteiger partial charge < -0.3 is 4.74 Å². The number of nitrogens with one attached hydrogen (secondary N) is 1. The third kappa shape index (κ3) is 7.42. The summed E-state index contributed by atoms with van der Waals surface area (Å²) in [5, 5.41) is 0.791. The highest BCUT2D eigenvalue weighted by molar-refractivity contribution is 9.09. The lowest BCUT2D eigenvalue weighted by Crippen LogP contribution is -2.32. The van der Waals surface area contributed by atoms with Crippen LogP contribution in [-0.2, 0) is 14.8 Å². The summed E-state index contributed by atoms with van der Waals surface area (Å²) in [5.41, 5.74) is 0. The quantitative estimate of drug-likeness (QED) is 0.691.